The summed E-state index contributed by atoms with van der Waals surface area (Å²) in [4.78, 5) is 27.2. The highest BCUT2D eigenvalue weighted by molar-refractivity contribution is 5.82. The van der Waals surface area contributed by atoms with Crippen molar-refractivity contribution in [2.75, 3.05) is 44.7 Å². The lowest BCUT2D eigenvalue weighted by Crippen LogP contribution is -2.45. The van der Waals surface area contributed by atoms with Crippen molar-refractivity contribution in [1.29, 1.82) is 0 Å². The number of likely N-dealkylation sites (tertiary alicyclic amines) is 2. The number of hydrogen-bond acceptors (Lipinski definition) is 6. The van der Waals surface area contributed by atoms with E-state index in [0.29, 0.717) is 30.5 Å². The number of aliphatic hydroxyl groups is 1. The number of hydrogen-bond donors (Lipinski definition) is 2. The first-order chi connectivity index (χ1) is 19.0. The summed E-state index contributed by atoms with van der Waals surface area (Å²) in [6.45, 7) is 7.74. The lowest BCUT2D eigenvalue weighted by atomic mass is 9.88. The van der Waals surface area contributed by atoms with Gasteiger partial charge in [0.15, 0.2) is 0 Å². The second-order valence-corrected chi connectivity index (χ2v) is 12.1. The molecule has 2 N–H and O–H groups in total. The van der Waals surface area contributed by atoms with Gasteiger partial charge in [0.2, 0.25) is 11.9 Å². The molecular weight excluding hydrogens is 495 g/mol. The van der Waals surface area contributed by atoms with Crippen LogP contribution < -0.4 is 5.32 Å². The lowest BCUT2D eigenvalue weighted by Gasteiger charge is -2.37. The van der Waals surface area contributed by atoms with Crippen LogP contribution in [0.15, 0.2) is 12.4 Å². The van der Waals surface area contributed by atoms with Gasteiger partial charge in [-0.2, -0.15) is 4.98 Å². The van der Waals surface area contributed by atoms with Crippen LogP contribution in [-0.2, 0) is 4.79 Å². The average Bonchev–Trinajstić information content (AvgIpc) is 3.33. The SMILES string of the molecule is CCC[C@H](C)Nc1ncc2c(C3CCN(C(=O)C4CCN(CCF)CC4)CC3)cn(C3CCC(O)CC3)c2n1. The summed E-state index contributed by atoms with van der Waals surface area (Å²) in [5.41, 5.74) is 2.29. The van der Waals surface area contributed by atoms with Crippen LogP contribution in [0.5, 0.6) is 0 Å². The zero-order valence-corrected chi connectivity index (χ0v) is 23.8. The van der Waals surface area contributed by atoms with Crippen LogP contribution in [0.4, 0.5) is 10.3 Å². The fraction of sp³-hybridized carbons (Fsp3) is 0.767. The van der Waals surface area contributed by atoms with Crippen LogP contribution in [-0.4, -0.2) is 86.9 Å². The van der Waals surface area contributed by atoms with Gasteiger partial charge in [0.25, 0.3) is 0 Å². The summed E-state index contributed by atoms with van der Waals surface area (Å²) >= 11 is 0. The first kappa shape index (κ1) is 28.3. The van der Waals surface area contributed by atoms with Crippen molar-refractivity contribution in [3.63, 3.8) is 0 Å². The fourth-order valence-electron chi connectivity index (χ4n) is 6.98. The Kier molecular flexibility index (Phi) is 9.38. The van der Waals surface area contributed by atoms with Crippen molar-refractivity contribution in [1.82, 2.24) is 24.3 Å². The molecule has 1 atom stereocenters. The second kappa shape index (κ2) is 12.9. The third kappa shape index (κ3) is 6.56. The molecule has 3 aliphatic rings. The minimum absolute atomic E-state index is 0.0791. The molecule has 1 amide bonds. The van der Waals surface area contributed by atoms with Gasteiger partial charge in [-0.1, -0.05) is 13.3 Å². The average molecular weight is 543 g/mol. The quantitative estimate of drug-likeness (QED) is 0.469. The predicted molar refractivity (Wildman–Crippen MR) is 153 cm³/mol. The molecule has 5 rings (SSSR count). The summed E-state index contributed by atoms with van der Waals surface area (Å²) in [6.07, 6.45) is 13.4. The summed E-state index contributed by atoms with van der Waals surface area (Å²) in [7, 11) is 0. The summed E-state index contributed by atoms with van der Waals surface area (Å²) in [5, 5.41) is 14.7. The molecule has 2 aromatic rings. The number of fused-ring (bicyclic) bond motifs is 1. The Hall–Kier alpha value is -2.26. The van der Waals surface area contributed by atoms with Crippen LogP contribution in [0.2, 0.25) is 0 Å². The van der Waals surface area contributed by atoms with Crippen LogP contribution in [0.1, 0.15) is 95.6 Å². The van der Waals surface area contributed by atoms with Crippen molar-refractivity contribution in [3.05, 3.63) is 18.0 Å². The number of carbonyl (C=O) groups excluding carboxylic acids is 1. The number of amides is 1. The lowest BCUT2D eigenvalue weighted by molar-refractivity contribution is -0.138. The van der Waals surface area contributed by atoms with Crippen molar-refractivity contribution >= 4 is 22.9 Å². The topological polar surface area (TPSA) is 86.5 Å². The monoisotopic (exact) mass is 542 g/mol. The number of halogens is 1. The second-order valence-electron chi connectivity index (χ2n) is 12.1. The molecule has 1 aliphatic carbocycles. The molecule has 3 fully saturated rings. The maximum absolute atomic E-state index is 13.3. The molecule has 9 heteroatoms. The molecule has 1 saturated carbocycles. The van der Waals surface area contributed by atoms with Gasteiger partial charge >= 0.3 is 0 Å². The predicted octanol–water partition coefficient (Wildman–Crippen LogP) is 4.90. The summed E-state index contributed by atoms with van der Waals surface area (Å²) in [5.74, 6) is 1.43. The molecule has 2 aromatic heterocycles. The van der Waals surface area contributed by atoms with Crippen molar-refractivity contribution in [2.45, 2.75) is 102 Å². The zero-order valence-electron chi connectivity index (χ0n) is 23.8. The Balaban J connectivity index is 1.30. The highest BCUT2D eigenvalue weighted by atomic mass is 19.1. The van der Waals surface area contributed by atoms with Crippen molar-refractivity contribution in [2.24, 2.45) is 5.92 Å². The number of rotatable bonds is 9. The van der Waals surface area contributed by atoms with Crippen LogP contribution >= 0.6 is 0 Å². The molecule has 0 spiro atoms. The fourth-order valence-corrected chi connectivity index (χ4v) is 6.98. The number of anilines is 1. The van der Waals surface area contributed by atoms with E-state index in [2.05, 4.69) is 39.7 Å². The highest BCUT2D eigenvalue weighted by Crippen LogP contribution is 2.38. The standard InChI is InChI=1S/C30H47FN6O2/c1-3-4-21(2)33-30-32-19-26-27(20-37(28(26)34-30)24-5-7-25(38)8-6-24)22-11-16-36(17-12-22)29(39)23-9-14-35(15-10-23)18-13-31/h19-25,38H,3-18H2,1-2H3,(H,32,33,34)/t21-,24?,25?/m0/s1. The number of piperidine rings is 2. The molecule has 2 aliphatic heterocycles. The van der Waals surface area contributed by atoms with E-state index in [1.165, 1.54) is 5.56 Å². The van der Waals surface area contributed by atoms with E-state index in [1.54, 1.807) is 0 Å². The van der Waals surface area contributed by atoms with E-state index >= 15 is 0 Å². The smallest absolute Gasteiger partial charge is 0.225 e. The molecule has 216 valence electrons. The number of carbonyl (C=O) groups is 1. The van der Waals surface area contributed by atoms with E-state index in [0.717, 1.165) is 101 Å². The van der Waals surface area contributed by atoms with E-state index in [-0.39, 0.29) is 24.6 Å². The molecule has 4 heterocycles. The minimum atomic E-state index is -0.313. The number of nitrogens with zero attached hydrogens (tertiary/aromatic N) is 5. The van der Waals surface area contributed by atoms with Gasteiger partial charge in [0.05, 0.1) is 6.10 Å². The maximum Gasteiger partial charge on any atom is 0.225 e. The van der Waals surface area contributed by atoms with E-state index in [4.69, 9.17) is 9.97 Å². The van der Waals surface area contributed by atoms with E-state index in [1.807, 2.05) is 6.20 Å². The normalized spacial score (nSPS) is 24.8. The third-order valence-corrected chi connectivity index (χ3v) is 9.34. The minimum Gasteiger partial charge on any atom is -0.393 e. The Bertz CT molecular complexity index is 1080. The van der Waals surface area contributed by atoms with Gasteiger partial charge in [0, 0.05) is 55.4 Å². The van der Waals surface area contributed by atoms with Crippen LogP contribution in [0, 0.1) is 5.92 Å². The molecule has 0 aromatic carbocycles. The summed E-state index contributed by atoms with van der Waals surface area (Å²) in [6, 6.07) is 0.656. The van der Waals surface area contributed by atoms with Gasteiger partial charge in [-0.3, -0.25) is 4.79 Å². The van der Waals surface area contributed by atoms with Crippen LogP contribution in [0.25, 0.3) is 11.0 Å². The number of alkyl halides is 1. The maximum atomic E-state index is 13.3. The Morgan fingerprint density at radius 3 is 2.49 bits per heavy atom. The van der Waals surface area contributed by atoms with Crippen LogP contribution in [0.3, 0.4) is 0 Å². The zero-order chi connectivity index (χ0) is 27.4. The Morgan fingerprint density at radius 1 is 1.10 bits per heavy atom. The molecule has 0 unspecified atom stereocenters. The Morgan fingerprint density at radius 2 is 1.82 bits per heavy atom. The van der Waals surface area contributed by atoms with Gasteiger partial charge in [-0.15, -0.1) is 0 Å². The first-order valence-electron chi connectivity index (χ1n) is 15.4. The molecular formula is C30H47FN6O2. The van der Waals surface area contributed by atoms with Gasteiger partial charge < -0.3 is 24.8 Å². The van der Waals surface area contributed by atoms with Gasteiger partial charge in [-0.25, -0.2) is 9.37 Å². The van der Waals surface area contributed by atoms with Crippen molar-refractivity contribution < 1.29 is 14.3 Å². The molecule has 2 saturated heterocycles. The molecule has 0 bridgehead atoms. The number of nitrogens with one attached hydrogen (secondary N) is 1. The van der Waals surface area contributed by atoms with Crippen molar-refractivity contribution in [3.8, 4) is 0 Å². The first-order valence-corrected chi connectivity index (χ1v) is 15.4. The van der Waals surface area contributed by atoms with E-state index in [9.17, 15) is 14.3 Å². The number of aromatic nitrogens is 3. The summed E-state index contributed by atoms with van der Waals surface area (Å²) < 4.78 is 15.0. The van der Waals surface area contributed by atoms with E-state index < -0.39 is 0 Å². The molecule has 39 heavy (non-hydrogen) atoms. The Labute approximate surface area is 232 Å². The van der Waals surface area contributed by atoms with Gasteiger partial charge in [-0.05, 0) is 89.3 Å². The molecule has 8 nitrogen and oxygen atoms in total. The van der Waals surface area contributed by atoms with Gasteiger partial charge in [0.1, 0.15) is 12.3 Å². The highest BCUT2D eigenvalue weighted by Gasteiger charge is 2.33. The molecule has 0 radical (unpaired) electrons. The number of aliphatic hydroxyl groups excluding tert-OH is 1. The largest absolute Gasteiger partial charge is 0.393 e. The third-order valence-electron chi connectivity index (χ3n) is 9.34.